The van der Waals surface area contributed by atoms with E-state index in [0.29, 0.717) is 17.7 Å². The number of nitrogens with zero attached hydrogens (tertiary/aromatic N) is 1. The molecule has 0 spiro atoms. The Morgan fingerprint density at radius 2 is 1.64 bits per heavy atom. The predicted molar refractivity (Wildman–Crippen MR) is 167 cm³/mol. The Balaban J connectivity index is 2.03. The summed E-state index contributed by atoms with van der Waals surface area (Å²) in [7, 11) is 0. The van der Waals surface area contributed by atoms with Gasteiger partial charge < -0.3 is 25.4 Å². The molecule has 42 heavy (non-hydrogen) atoms. The first-order chi connectivity index (χ1) is 19.9. The molecule has 2 atom stereocenters. The van der Waals surface area contributed by atoms with Gasteiger partial charge in [-0.3, -0.25) is 9.59 Å². The Kier molecular flexibility index (Phi) is 11.5. The van der Waals surface area contributed by atoms with Gasteiger partial charge in [0.05, 0.1) is 6.61 Å². The van der Waals surface area contributed by atoms with Crippen molar-refractivity contribution >= 4 is 34.4 Å². The summed E-state index contributed by atoms with van der Waals surface area (Å²) >= 11 is 0. The second-order valence-electron chi connectivity index (χ2n) is 11.7. The van der Waals surface area contributed by atoms with Gasteiger partial charge in [0.15, 0.2) is 0 Å². The molecule has 0 aliphatic heterocycles. The third-order valence-corrected chi connectivity index (χ3v) is 7.23. The number of anilines is 1. The number of aliphatic hydroxyl groups excluding tert-OH is 1. The van der Waals surface area contributed by atoms with Crippen molar-refractivity contribution < 1.29 is 24.2 Å². The number of ether oxygens (including phenoxy) is 1. The van der Waals surface area contributed by atoms with Gasteiger partial charge in [-0.1, -0.05) is 74.7 Å². The average molecular weight is 576 g/mol. The normalized spacial score (nSPS) is 12.8. The van der Waals surface area contributed by atoms with Crippen molar-refractivity contribution in [3.63, 3.8) is 0 Å². The van der Waals surface area contributed by atoms with Gasteiger partial charge in [0.25, 0.3) is 5.91 Å². The second kappa shape index (κ2) is 14.8. The number of carbonyl (C=O) groups is 3. The third kappa shape index (κ3) is 8.79. The SMILES string of the molecule is CCCCCCN(C(=O)C(CO)NC(=O)OC(C)(C)C)C(C(=O)Nc1ccc2ccccc2c1)c1cccc(C)c1C. The molecule has 226 valence electrons. The molecule has 0 saturated carbocycles. The Hall–Kier alpha value is -3.91. The van der Waals surface area contributed by atoms with E-state index >= 15 is 0 Å². The Bertz CT molecular complexity index is 1380. The highest BCUT2D eigenvalue weighted by atomic mass is 16.6. The van der Waals surface area contributed by atoms with Crippen LogP contribution in [0.3, 0.4) is 0 Å². The number of fused-ring (bicyclic) bond motifs is 1. The number of rotatable bonds is 12. The van der Waals surface area contributed by atoms with Crippen molar-refractivity contribution in [2.45, 2.75) is 84.9 Å². The van der Waals surface area contributed by atoms with Crippen molar-refractivity contribution in [2.75, 3.05) is 18.5 Å². The zero-order valence-corrected chi connectivity index (χ0v) is 25.7. The summed E-state index contributed by atoms with van der Waals surface area (Å²) in [5.74, 6) is -0.934. The minimum Gasteiger partial charge on any atom is -0.444 e. The van der Waals surface area contributed by atoms with Gasteiger partial charge >= 0.3 is 6.09 Å². The van der Waals surface area contributed by atoms with E-state index in [9.17, 15) is 19.5 Å². The first-order valence-corrected chi connectivity index (χ1v) is 14.7. The molecule has 8 heteroatoms. The first kappa shape index (κ1) is 32.6. The molecule has 0 bridgehead atoms. The highest BCUT2D eigenvalue weighted by Crippen LogP contribution is 2.30. The minimum atomic E-state index is -1.29. The van der Waals surface area contributed by atoms with E-state index in [0.717, 1.165) is 41.2 Å². The van der Waals surface area contributed by atoms with Crippen molar-refractivity contribution in [1.82, 2.24) is 10.2 Å². The van der Waals surface area contributed by atoms with Crippen LogP contribution in [0.4, 0.5) is 10.5 Å². The van der Waals surface area contributed by atoms with E-state index in [1.54, 1.807) is 20.8 Å². The average Bonchev–Trinajstić information content (AvgIpc) is 2.94. The van der Waals surface area contributed by atoms with Crippen molar-refractivity contribution in [1.29, 1.82) is 0 Å². The minimum absolute atomic E-state index is 0.272. The fraction of sp³-hybridized carbons (Fsp3) is 0.441. The number of aryl methyl sites for hydroxylation is 1. The third-order valence-electron chi connectivity index (χ3n) is 7.23. The smallest absolute Gasteiger partial charge is 0.408 e. The molecule has 8 nitrogen and oxygen atoms in total. The van der Waals surface area contributed by atoms with Crippen LogP contribution >= 0.6 is 0 Å². The standard InChI is InChI=1S/C34H45N3O5/c1-7-8-9-12-20-37(32(40)29(22-38)36-33(41)42-34(4,5)6)30(28-17-13-14-23(2)24(28)3)31(39)35-27-19-18-25-15-10-11-16-26(25)21-27/h10-11,13-19,21,29-30,38H,7-9,12,20,22H2,1-6H3,(H,35,39)(H,36,41). The van der Waals surface area contributed by atoms with Crippen LogP contribution in [0.15, 0.2) is 60.7 Å². The fourth-order valence-electron chi connectivity index (χ4n) is 4.91. The monoisotopic (exact) mass is 575 g/mol. The maximum atomic E-state index is 14.2. The van der Waals surface area contributed by atoms with Gasteiger partial charge in [0.1, 0.15) is 17.7 Å². The number of unbranched alkanes of at least 4 members (excludes halogenated alkanes) is 3. The van der Waals surface area contributed by atoms with Crippen LogP contribution in [0.25, 0.3) is 10.8 Å². The molecule has 0 radical (unpaired) electrons. The zero-order chi connectivity index (χ0) is 30.9. The lowest BCUT2D eigenvalue weighted by Crippen LogP contribution is -2.54. The zero-order valence-electron chi connectivity index (χ0n) is 25.7. The Labute approximate surface area is 249 Å². The molecule has 3 amide bonds. The quantitative estimate of drug-likeness (QED) is 0.216. The molecule has 2 unspecified atom stereocenters. The van der Waals surface area contributed by atoms with E-state index < -0.39 is 36.3 Å². The molecule has 3 N–H and O–H groups in total. The maximum absolute atomic E-state index is 14.2. The first-order valence-electron chi connectivity index (χ1n) is 14.7. The Morgan fingerprint density at radius 1 is 0.929 bits per heavy atom. The number of hydrogen-bond donors (Lipinski definition) is 3. The molecule has 0 fully saturated rings. The van der Waals surface area contributed by atoms with Crippen LogP contribution in [-0.4, -0.2) is 52.7 Å². The number of amides is 3. The summed E-state index contributed by atoms with van der Waals surface area (Å²) in [6.45, 7) is 10.8. The summed E-state index contributed by atoms with van der Waals surface area (Å²) in [6, 6.07) is 17.0. The van der Waals surface area contributed by atoms with E-state index in [2.05, 4.69) is 17.6 Å². The van der Waals surface area contributed by atoms with Crippen LogP contribution in [0, 0.1) is 13.8 Å². The van der Waals surface area contributed by atoms with Gasteiger partial charge in [-0.2, -0.15) is 0 Å². The van der Waals surface area contributed by atoms with Crippen LogP contribution in [0.2, 0.25) is 0 Å². The molecule has 0 aliphatic rings. The van der Waals surface area contributed by atoms with Gasteiger partial charge in [-0.05, 0) is 80.6 Å². The van der Waals surface area contributed by atoms with Gasteiger partial charge in [-0.25, -0.2) is 4.79 Å². The molecular formula is C34H45N3O5. The van der Waals surface area contributed by atoms with Crippen LogP contribution in [-0.2, 0) is 14.3 Å². The topological polar surface area (TPSA) is 108 Å². The summed E-state index contributed by atoms with van der Waals surface area (Å²) in [4.78, 5) is 42.4. The van der Waals surface area contributed by atoms with Gasteiger partial charge in [0.2, 0.25) is 5.91 Å². The molecule has 0 saturated heterocycles. The molecular weight excluding hydrogens is 530 g/mol. The molecule has 3 rings (SSSR count). The molecule has 3 aromatic rings. The predicted octanol–water partition coefficient (Wildman–Crippen LogP) is 6.43. The molecule has 3 aromatic carbocycles. The lowest BCUT2D eigenvalue weighted by Gasteiger charge is -2.35. The highest BCUT2D eigenvalue weighted by molar-refractivity contribution is 6.00. The summed E-state index contributed by atoms with van der Waals surface area (Å²) in [6.07, 6.45) is 2.71. The Morgan fingerprint density at radius 3 is 2.31 bits per heavy atom. The van der Waals surface area contributed by atoms with E-state index in [-0.39, 0.29) is 12.5 Å². The highest BCUT2D eigenvalue weighted by Gasteiger charge is 2.36. The molecule has 0 aromatic heterocycles. The van der Waals surface area contributed by atoms with E-state index in [4.69, 9.17) is 4.74 Å². The molecule has 0 heterocycles. The van der Waals surface area contributed by atoms with Crippen LogP contribution in [0.1, 0.15) is 76.1 Å². The van der Waals surface area contributed by atoms with Crippen molar-refractivity contribution in [3.8, 4) is 0 Å². The number of aliphatic hydroxyl groups is 1. The largest absolute Gasteiger partial charge is 0.444 e. The summed E-state index contributed by atoms with van der Waals surface area (Å²) in [5.41, 5.74) is 2.39. The number of nitrogens with one attached hydrogen (secondary N) is 2. The van der Waals surface area contributed by atoms with Crippen LogP contribution in [0.5, 0.6) is 0 Å². The number of alkyl carbamates (subject to hydrolysis) is 1. The van der Waals surface area contributed by atoms with Crippen molar-refractivity contribution in [2.24, 2.45) is 0 Å². The van der Waals surface area contributed by atoms with Gasteiger partial charge in [-0.15, -0.1) is 0 Å². The van der Waals surface area contributed by atoms with Gasteiger partial charge in [0, 0.05) is 12.2 Å². The molecule has 0 aliphatic carbocycles. The van der Waals surface area contributed by atoms with Crippen molar-refractivity contribution in [3.05, 3.63) is 77.4 Å². The summed E-state index contributed by atoms with van der Waals surface area (Å²) in [5, 5.41) is 17.8. The summed E-state index contributed by atoms with van der Waals surface area (Å²) < 4.78 is 5.34. The van der Waals surface area contributed by atoms with Crippen LogP contribution < -0.4 is 10.6 Å². The van der Waals surface area contributed by atoms with E-state index in [1.807, 2.05) is 74.5 Å². The number of carbonyl (C=O) groups excluding carboxylic acids is 3. The maximum Gasteiger partial charge on any atom is 0.408 e. The number of hydrogen-bond acceptors (Lipinski definition) is 5. The lowest BCUT2D eigenvalue weighted by atomic mass is 9.94. The lowest BCUT2D eigenvalue weighted by molar-refractivity contribution is -0.141. The van der Waals surface area contributed by atoms with E-state index in [1.165, 1.54) is 4.90 Å². The second-order valence-corrected chi connectivity index (χ2v) is 11.7. The number of benzene rings is 3. The fourth-order valence-corrected chi connectivity index (χ4v) is 4.91.